The molecule has 0 rings (SSSR count). The van der Waals surface area contributed by atoms with E-state index in [0.717, 1.165) is 5.92 Å². The van der Waals surface area contributed by atoms with Gasteiger partial charge in [-0.3, -0.25) is 4.90 Å². The van der Waals surface area contributed by atoms with Gasteiger partial charge in [0.25, 0.3) is 0 Å². The highest BCUT2D eigenvalue weighted by atomic mass is 15.2. The number of rotatable bonds is 7. The lowest BCUT2D eigenvalue weighted by atomic mass is 10.1. The van der Waals surface area contributed by atoms with Gasteiger partial charge in [0.2, 0.25) is 0 Å². The first-order valence-electron chi connectivity index (χ1n) is 5.92. The molecule has 2 nitrogen and oxygen atoms in total. The fraction of sp³-hybridized carbons (Fsp3) is 1.00. The van der Waals surface area contributed by atoms with Crippen molar-refractivity contribution in [3.8, 4) is 0 Å². The molecule has 2 heteroatoms. The molecule has 1 N–H and O–H groups in total. The van der Waals surface area contributed by atoms with Gasteiger partial charge in [0, 0.05) is 25.2 Å². The highest BCUT2D eigenvalue weighted by Crippen LogP contribution is 2.06. The summed E-state index contributed by atoms with van der Waals surface area (Å²) in [6, 6.07) is 1.29. The van der Waals surface area contributed by atoms with E-state index in [-0.39, 0.29) is 0 Å². The summed E-state index contributed by atoms with van der Waals surface area (Å²) in [5.74, 6) is 0.756. The molecule has 0 spiro atoms. The normalized spacial score (nSPS) is 14.4. The van der Waals surface area contributed by atoms with Gasteiger partial charge in [0.1, 0.15) is 0 Å². The van der Waals surface area contributed by atoms with Crippen molar-refractivity contribution in [2.75, 3.05) is 20.1 Å². The standard InChI is InChI=1S/C12H28N2/c1-7-12(13-6)9-14(11(4)5)8-10(2)3/h10-13H,7-9H2,1-6H3. The Kier molecular flexibility index (Phi) is 7.20. The minimum absolute atomic E-state index is 0.635. The molecule has 0 fully saturated rings. The lowest BCUT2D eigenvalue weighted by Crippen LogP contribution is -2.43. The van der Waals surface area contributed by atoms with Gasteiger partial charge in [-0.25, -0.2) is 0 Å². The molecule has 0 bridgehead atoms. The zero-order chi connectivity index (χ0) is 11.1. The van der Waals surface area contributed by atoms with Crippen molar-refractivity contribution in [1.29, 1.82) is 0 Å². The van der Waals surface area contributed by atoms with E-state index in [2.05, 4.69) is 51.9 Å². The molecule has 1 unspecified atom stereocenters. The fourth-order valence-electron chi connectivity index (χ4n) is 1.67. The largest absolute Gasteiger partial charge is 0.316 e. The third-order valence-electron chi connectivity index (χ3n) is 2.69. The molecule has 0 aliphatic rings. The van der Waals surface area contributed by atoms with E-state index in [9.17, 15) is 0 Å². The van der Waals surface area contributed by atoms with Gasteiger partial charge in [-0.05, 0) is 33.2 Å². The van der Waals surface area contributed by atoms with Crippen molar-refractivity contribution in [3.05, 3.63) is 0 Å². The van der Waals surface area contributed by atoms with Gasteiger partial charge in [-0.2, -0.15) is 0 Å². The van der Waals surface area contributed by atoms with Crippen LogP contribution in [0.25, 0.3) is 0 Å². The second-order valence-corrected chi connectivity index (χ2v) is 4.84. The van der Waals surface area contributed by atoms with E-state index in [1.807, 2.05) is 0 Å². The van der Waals surface area contributed by atoms with Gasteiger partial charge in [-0.1, -0.05) is 20.8 Å². The van der Waals surface area contributed by atoms with Crippen LogP contribution in [0.15, 0.2) is 0 Å². The second kappa shape index (κ2) is 7.24. The van der Waals surface area contributed by atoms with Crippen LogP contribution in [-0.4, -0.2) is 37.1 Å². The summed E-state index contributed by atoms with van der Waals surface area (Å²) in [7, 11) is 2.06. The first-order valence-corrected chi connectivity index (χ1v) is 5.92. The van der Waals surface area contributed by atoms with Crippen LogP contribution in [-0.2, 0) is 0 Å². The van der Waals surface area contributed by atoms with Gasteiger partial charge >= 0.3 is 0 Å². The Morgan fingerprint density at radius 1 is 1.07 bits per heavy atom. The predicted octanol–water partition coefficient (Wildman–Crippen LogP) is 2.35. The minimum Gasteiger partial charge on any atom is -0.316 e. The van der Waals surface area contributed by atoms with E-state index in [1.54, 1.807) is 0 Å². The van der Waals surface area contributed by atoms with Gasteiger partial charge in [-0.15, -0.1) is 0 Å². The predicted molar refractivity (Wildman–Crippen MR) is 64.7 cm³/mol. The summed E-state index contributed by atoms with van der Waals surface area (Å²) in [6.45, 7) is 13.8. The Morgan fingerprint density at radius 3 is 1.93 bits per heavy atom. The lowest BCUT2D eigenvalue weighted by molar-refractivity contribution is 0.177. The number of nitrogens with one attached hydrogen (secondary N) is 1. The Labute approximate surface area is 90.1 Å². The molecular formula is C12H28N2. The molecule has 0 saturated carbocycles. The van der Waals surface area contributed by atoms with Crippen LogP contribution in [0.1, 0.15) is 41.0 Å². The Balaban J connectivity index is 4.07. The maximum absolute atomic E-state index is 3.37. The Hall–Kier alpha value is -0.0800. The molecule has 0 aliphatic heterocycles. The Morgan fingerprint density at radius 2 is 1.64 bits per heavy atom. The van der Waals surface area contributed by atoms with Crippen molar-refractivity contribution < 1.29 is 0 Å². The van der Waals surface area contributed by atoms with Crippen LogP contribution in [0.2, 0.25) is 0 Å². The number of nitrogens with zero attached hydrogens (tertiary/aromatic N) is 1. The van der Waals surface area contributed by atoms with E-state index in [4.69, 9.17) is 0 Å². The zero-order valence-corrected chi connectivity index (χ0v) is 10.8. The smallest absolute Gasteiger partial charge is 0.0189 e. The molecule has 0 aromatic rings. The van der Waals surface area contributed by atoms with Crippen molar-refractivity contribution in [3.63, 3.8) is 0 Å². The average molecular weight is 200 g/mol. The Bertz CT molecular complexity index is 128. The summed E-state index contributed by atoms with van der Waals surface area (Å²) in [5, 5.41) is 3.37. The second-order valence-electron chi connectivity index (χ2n) is 4.84. The molecule has 0 amide bonds. The third-order valence-corrected chi connectivity index (χ3v) is 2.69. The number of hydrogen-bond donors (Lipinski definition) is 1. The maximum Gasteiger partial charge on any atom is 0.0189 e. The number of likely N-dealkylation sites (N-methyl/N-ethyl adjacent to an activating group) is 1. The lowest BCUT2D eigenvalue weighted by Gasteiger charge is -2.31. The molecule has 86 valence electrons. The molecular weight excluding hydrogens is 172 g/mol. The SMILES string of the molecule is CCC(CN(CC(C)C)C(C)C)NC. The molecule has 0 radical (unpaired) electrons. The molecule has 0 saturated heterocycles. The summed E-state index contributed by atoms with van der Waals surface area (Å²) in [5.41, 5.74) is 0. The van der Waals surface area contributed by atoms with Crippen LogP contribution in [0.3, 0.4) is 0 Å². The highest BCUT2D eigenvalue weighted by molar-refractivity contribution is 4.72. The summed E-state index contributed by atoms with van der Waals surface area (Å²) in [4.78, 5) is 2.56. The van der Waals surface area contributed by atoms with Gasteiger partial charge < -0.3 is 5.32 Å². The van der Waals surface area contributed by atoms with Crippen molar-refractivity contribution >= 4 is 0 Å². The quantitative estimate of drug-likeness (QED) is 0.678. The van der Waals surface area contributed by atoms with Crippen molar-refractivity contribution in [2.45, 2.75) is 53.1 Å². The first kappa shape index (κ1) is 13.9. The average Bonchev–Trinajstić information content (AvgIpc) is 2.11. The van der Waals surface area contributed by atoms with Crippen LogP contribution >= 0.6 is 0 Å². The third kappa shape index (κ3) is 5.61. The fourth-order valence-corrected chi connectivity index (χ4v) is 1.67. The molecule has 0 aromatic carbocycles. The van der Waals surface area contributed by atoms with Crippen molar-refractivity contribution in [1.82, 2.24) is 10.2 Å². The molecule has 0 heterocycles. The number of hydrogen-bond acceptors (Lipinski definition) is 2. The van der Waals surface area contributed by atoms with Crippen LogP contribution in [0, 0.1) is 5.92 Å². The van der Waals surface area contributed by atoms with Gasteiger partial charge in [0.05, 0.1) is 0 Å². The molecule has 1 atom stereocenters. The zero-order valence-electron chi connectivity index (χ0n) is 10.8. The molecule has 14 heavy (non-hydrogen) atoms. The van der Waals surface area contributed by atoms with Crippen LogP contribution in [0.4, 0.5) is 0 Å². The summed E-state index contributed by atoms with van der Waals surface area (Å²) >= 11 is 0. The van der Waals surface area contributed by atoms with E-state index >= 15 is 0 Å². The van der Waals surface area contributed by atoms with E-state index in [1.165, 1.54) is 19.5 Å². The van der Waals surface area contributed by atoms with Crippen LogP contribution < -0.4 is 5.32 Å². The summed E-state index contributed by atoms with van der Waals surface area (Å²) in [6.07, 6.45) is 1.21. The molecule has 0 aliphatic carbocycles. The molecule has 0 aromatic heterocycles. The monoisotopic (exact) mass is 200 g/mol. The van der Waals surface area contributed by atoms with Gasteiger partial charge in [0.15, 0.2) is 0 Å². The topological polar surface area (TPSA) is 15.3 Å². The first-order chi connectivity index (χ1) is 6.51. The maximum atomic E-state index is 3.37. The minimum atomic E-state index is 0.635. The van der Waals surface area contributed by atoms with E-state index < -0.39 is 0 Å². The highest BCUT2D eigenvalue weighted by Gasteiger charge is 2.14. The van der Waals surface area contributed by atoms with Crippen LogP contribution in [0.5, 0.6) is 0 Å². The van der Waals surface area contributed by atoms with Crippen molar-refractivity contribution in [2.24, 2.45) is 5.92 Å². The van der Waals surface area contributed by atoms with E-state index in [0.29, 0.717) is 12.1 Å². The summed E-state index contributed by atoms with van der Waals surface area (Å²) < 4.78 is 0.